The SMILES string of the molecule is CCC(CO)(Nc1ccc(Cl)c(Br)c1)c1ccccc1F. The second-order valence-electron chi connectivity index (χ2n) is 4.83. The van der Waals surface area contributed by atoms with Gasteiger partial charge in [-0.05, 0) is 46.6 Å². The molecule has 0 bridgehead atoms. The second kappa shape index (κ2) is 6.77. The summed E-state index contributed by atoms with van der Waals surface area (Å²) in [5, 5.41) is 13.7. The highest BCUT2D eigenvalue weighted by atomic mass is 79.9. The predicted octanol–water partition coefficient (Wildman–Crippen LogP) is 4.95. The van der Waals surface area contributed by atoms with Crippen LogP contribution >= 0.6 is 27.5 Å². The summed E-state index contributed by atoms with van der Waals surface area (Å²) >= 11 is 9.34. The monoisotopic (exact) mass is 371 g/mol. The van der Waals surface area contributed by atoms with E-state index < -0.39 is 5.54 Å². The molecule has 0 aliphatic heterocycles. The molecule has 1 atom stereocenters. The van der Waals surface area contributed by atoms with E-state index in [-0.39, 0.29) is 12.4 Å². The Morgan fingerprint density at radius 1 is 1.29 bits per heavy atom. The summed E-state index contributed by atoms with van der Waals surface area (Å²) in [5.41, 5.74) is 0.324. The molecule has 2 rings (SSSR count). The molecule has 0 amide bonds. The summed E-state index contributed by atoms with van der Waals surface area (Å²) in [7, 11) is 0. The fourth-order valence-electron chi connectivity index (χ4n) is 2.28. The van der Waals surface area contributed by atoms with Gasteiger partial charge in [0.05, 0.1) is 17.2 Å². The van der Waals surface area contributed by atoms with Crippen LogP contribution in [-0.2, 0) is 5.54 Å². The molecule has 2 aromatic carbocycles. The van der Waals surface area contributed by atoms with Gasteiger partial charge in [-0.2, -0.15) is 0 Å². The Balaban J connectivity index is 2.43. The van der Waals surface area contributed by atoms with E-state index >= 15 is 0 Å². The van der Waals surface area contributed by atoms with Gasteiger partial charge in [0.2, 0.25) is 0 Å². The molecule has 0 saturated carbocycles. The number of rotatable bonds is 5. The molecule has 0 aliphatic carbocycles. The van der Waals surface area contributed by atoms with E-state index in [0.29, 0.717) is 17.0 Å². The van der Waals surface area contributed by atoms with Crippen molar-refractivity contribution in [3.63, 3.8) is 0 Å². The van der Waals surface area contributed by atoms with Crippen LogP contribution in [0, 0.1) is 5.82 Å². The van der Waals surface area contributed by atoms with Crippen LogP contribution in [0.2, 0.25) is 5.02 Å². The Morgan fingerprint density at radius 2 is 2.00 bits per heavy atom. The van der Waals surface area contributed by atoms with Gasteiger partial charge in [-0.15, -0.1) is 0 Å². The molecule has 0 aromatic heterocycles. The van der Waals surface area contributed by atoms with Gasteiger partial charge in [0.25, 0.3) is 0 Å². The number of hydrogen-bond donors (Lipinski definition) is 2. The van der Waals surface area contributed by atoms with Crippen molar-refractivity contribution in [2.24, 2.45) is 0 Å². The zero-order chi connectivity index (χ0) is 15.5. The first-order valence-electron chi connectivity index (χ1n) is 6.61. The molecular formula is C16H16BrClFNO. The van der Waals surface area contributed by atoms with Crippen molar-refractivity contribution < 1.29 is 9.50 Å². The lowest BCUT2D eigenvalue weighted by atomic mass is 9.87. The average Bonchev–Trinajstić information content (AvgIpc) is 2.49. The Kier molecular flexibility index (Phi) is 5.25. The van der Waals surface area contributed by atoms with Gasteiger partial charge < -0.3 is 10.4 Å². The van der Waals surface area contributed by atoms with Crippen molar-refractivity contribution >= 4 is 33.2 Å². The van der Waals surface area contributed by atoms with Gasteiger partial charge in [-0.1, -0.05) is 36.7 Å². The smallest absolute Gasteiger partial charge is 0.128 e. The Labute approximate surface area is 137 Å². The average molecular weight is 373 g/mol. The van der Waals surface area contributed by atoms with Gasteiger partial charge >= 0.3 is 0 Å². The molecule has 0 aliphatic rings. The van der Waals surface area contributed by atoms with Crippen molar-refractivity contribution in [1.82, 2.24) is 0 Å². The molecule has 2 aromatic rings. The summed E-state index contributed by atoms with van der Waals surface area (Å²) in [6, 6.07) is 11.8. The molecule has 0 fully saturated rings. The molecule has 1 unspecified atom stereocenters. The van der Waals surface area contributed by atoms with E-state index in [4.69, 9.17) is 11.6 Å². The van der Waals surface area contributed by atoms with Crippen LogP contribution < -0.4 is 5.32 Å². The third-order valence-corrected chi connectivity index (χ3v) is 4.78. The van der Waals surface area contributed by atoms with Crippen LogP contribution in [0.5, 0.6) is 0 Å². The second-order valence-corrected chi connectivity index (χ2v) is 6.09. The number of benzene rings is 2. The molecule has 2 nitrogen and oxygen atoms in total. The maximum atomic E-state index is 14.1. The van der Waals surface area contributed by atoms with E-state index in [2.05, 4.69) is 21.2 Å². The molecule has 21 heavy (non-hydrogen) atoms. The quantitative estimate of drug-likeness (QED) is 0.778. The van der Waals surface area contributed by atoms with Crippen LogP contribution in [0.1, 0.15) is 18.9 Å². The fraction of sp³-hybridized carbons (Fsp3) is 0.250. The first kappa shape index (κ1) is 16.3. The van der Waals surface area contributed by atoms with Crippen LogP contribution in [0.25, 0.3) is 0 Å². The standard InChI is InChI=1S/C16H16BrClFNO/c1-2-16(10-21,12-5-3-4-6-15(12)19)20-11-7-8-14(18)13(17)9-11/h3-9,20-21H,2,10H2,1H3. The molecule has 5 heteroatoms. The maximum Gasteiger partial charge on any atom is 0.128 e. The Hall–Kier alpha value is -1.10. The summed E-state index contributed by atoms with van der Waals surface area (Å²) in [6.07, 6.45) is 0.532. The van der Waals surface area contributed by atoms with Crippen molar-refractivity contribution in [3.8, 4) is 0 Å². The molecule has 0 heterocycles. The highest BCUT2D eigenvalue weighted by Gasteiger charge is 2.32. The predicted molar refractivity (Wildman–Crippen MR) is 88.2 cm³/mol. The normalized spacial score (nSPS) is 13.8. The van der Waals surface area contributed by atoms with E-state index in [1.165, 1.54) is 6.07 Å². The first-order chi connectivity index (χ1) is 10.0. The van der Waals surface area contributed by atoms with E-state index in [1.54, 1.807) is 30.3 Å². The lowest BCUT2D eigenvalue weighted by Gasteiger charge is -2.34. The van der Waals surface area contributed by atoms with Gasteiger partial charge in [0.15, 0.2) is 0 Å². The van der Waals surface area contributed by atoms with Gasteiger partial charge in [-0.25, -0.2) is 4.39 Å². The van der Waals surface area contributed by atoms with Crippen LogP contribution in [-0.4, -0.2) is 11.7 Å². The third kappa shape index (κ3) is 3.39. The third-order valence-electron chi connectivity index (χ3n) is 3.57. The van der Waals surface area contributed by atoms with Gasteiger partial charge in [0.1, 0.15) is 5.82 Å². The van der Waals surface area contributed by atoms with Crippen LogP contribution in [0.3, 0.4) is 0 Å². The van der Waals surface area contributed by atoms with Gasteiger partial charge in [-0.3, -0.25) is 0 Å². The largest absolute Gasteiger partial charge is 0.394 e. The van der Waals surface area contributed by atoms with Crippen molar-refractivity contribution in [3.05, 3.63) is 63.3 Å². The van der Waals surface area contributed by atoms with Crippen LogP contribution in [0.15, 0.2) is 46.9 Å². The Bertz CT molecular complexity index is 631. The maximum absolute atomic E-state index is 14.1. The van der Waals surface area contributed by atoms with Gasteiger partial charge in [0, 0.05) is 15.7 Å². The first-order valence-corrected chi connectivity index (χ1v) is 7.78. The number of aliphatic hydroxyl groups excluding tert-OH is 1. The van der Waals surface area contributed by atoms with Crippen molar-refractivity contribution in [2.75, 3.05) is 11.9 Å². The topological polar surface area (TPSA) is 32.3 Å². The molecule has 0 spiro atoms. The minimum Gasteiger partial charge on any atom is -0.394 e. The number of hydrogen-bond acceptors (Lipinski definition) is 2. The van der Waals surface area contributed by atoms with E-state index in [0.717, 1.165) is 10.2 Å². The molecule has 0 saturated heterocycles. The molecular weight excluding hydrogens is 357 g/mol. The summed E-state index contributed by atoms with van der Waals surface area (Å²) < 4.78 is 14.9. The van der Waals surface area contributed by atoms with E-state index in [1.807, 2.05) is 13.0 Å². The lowest BCUT2D eigenvalue weighted by Crippen LogP contribution is -2.39. The molecule has 2 N–H and O–H groups in total. The minimum absolute atomic E-state index is 0.218. The highest BCUT2D eigenvalue weighted by molar-refractivity contribution is 9.10. The van der Waals surface area contributed by atoms with E-state index in [9.17, 15) is 9.50 Å². The zero-order valence-electron chi connectivity index (χ0n) is 11.5. The number of halogens is 3. The fourth-order valence-corrected chi connectivity index (χ4v) is 2.78. The highest BCUT2D eigenvalue weighted by Crippen LogP contribution is 2.33. The zero-order valence-corrected chi connectivity index (χ0v) is 13.9. The van der Waals surface area contributed by atoms with Crippen LogP contribution in [0.4, 0.5) is 10.1 Å². The van der Waals surface area contributed by atoms with Crippen molar-refractivity contribution in [2.45, 2.75) is 18.9 Å². The van der Waals surface area contributed by atoms with Crippen molar-refractivity contribution in [1.29, 1.82) is 0 Å². The Morgan fingerprint density at radius 3 is 2.57 bits per heavy atom. The number of nitrogens with one attached hydrogen (secondary N) is 1. The lowest BCUT2D eigenvalue weighted by molar-refractivity contribution is 0.204. The summed E-state index contributed by atoms with van der Waals surface area (Å²) in [5.74, 6) is -0.339. The number of anilines is 1. The molecule has 112 valence electrons. The molecule has 0 radical (unpaired) electrons. The number of aliphatic hydroxyl groups is 1. The summed E-state index contributed by atoms with van der Waals surface area (Å²) in [6.45, 7) is 1.69. The minimum atomic E-state index is -0.876. The summed E-state index contributed by atoms with van der Waals surface area (Å²) in [4.78, 5) is 0.